The summed E-state index contributed by atoms with van der Waals surface area (Å²) in [7, 11) is 1.98. The predicted molar refractivity (Wildman–Crippen MR) is 65.8 cm³/mol. The van der Waals surface area contributed by atoms with Crippen molar-refractivity contribution in [3.8, 4) is 0 Å². The Morgan fingerprint density at radius 1 is 1.36 bits per heavy atom. The van der Waals surface area contributed by atoms with E-state index in [1.807, 2.05) is 19.2 Å². The molecule has 1 nitrogen and oxygen atoms in total. The van der Waals surface area contributed by atoms with Gasteiger partial charge in [0.15, 0.2) is 0 Å². The molecule has 1 aromatic rings. The molecule has 0 heterocycles. The van der Waals surface area contributed by atoms with Crippen LogP contribution in [0.15, 0.2) is 22.7 Å². The van der Waals surface area contributed by atoms with Gasteiger partial charge in [-0.2, -0.15) is 0 Å². The fraction of sp³-hybridized carbons (Fsp3) is 0.455. The van der Waals surface area contributed by atoms with Crippen LogP contribution in [0.5, 0.6) is 0 Å². The zero-order chi connectivity index (χ0) is 10.7. The second kappa shape index (κ2) is 5.15. The van der Waals surface area contributed by atoms with E-state index in [0.717, 1.165) is 9.50 Å². The fourth-order valence-electron chi connectivity index (χ4n) is 1.60. The van der Waals surface area contributed by atoms with Crippen molar-refractivity contribution in [3.63, 3.8) is 0 Å². The van der Waals surface area contributed by atoms with Crippen LogP contribution in [0.2, 0.25) is 5.02 Å². The highest BCUT2D eigenvalue weighted by Gasteiger charge is 2.15. The van der Waals surface area contributed by atoms with Crippen molar-refractivity contribution in [3.05, 3.63) is 33.3 Å². The van der Waals surface area contributed by atoms with Gasteiger partial charge in [-0.05, 0) is 30.7 Å². The van der Waals surface area contributed by atoms with E-state index in [9.17, 15) is 0 Å². The first-order chi connectivity index (χ1) is 6.56. The molecule has 0 radical (unpaired) electrons. The minimum absolute atomic E-state index is 0.363. The lowest BCUT2D eigenvalue weighted by atomic mass is 9.96. The van der Waals surface area contributed by atoms with Crippen LogP contribution < -0.4 is 5.32 Å². The summed E-state index contributed by atoms with van der Waals surface area (Å²) in [5, 5.41) is 4.07. The summed E-state index contributed by atoms with van der Waals surface area (Å²) in [6, 6.07) is 6.28. The molecule has 1 unspecified atom stereocenters. The zero-order valence-corrected chi connectivity index (χ0v) is 11.0. The third-order valence-corrected chi connectivity index (χ3v) is 3.20. The van der Waals surface area contributed by atoms with Gasteiger partial charge in [0.1, 0.15) is 0 Å². The molecule has 1 aromatic carbocycles. The van der Waals surface area contributed by atoms with E-state index in [0.29, 0.717) is 12.0 Å². The number of hydrogen-bond acceptors (Lipinski definition) is 1. The minimum atomic E-state index is 0.363. The van der Waals surface area contributed by atoms with Crippen molar-refractivity contribution in [2.45, 2.75) is 19.9 Å². The van der Waals surface area contributed by atoms with Gasteiger partial charge in [0.25, 0.3) is 0 Å². The van der Waals surface area contributed by atoms with Crippen molar-refractivity contribution in [1.82, 2.24) is 5.32 Å². The predicted octanol–water partition coefficient (Wildman–Crippen LogP) is 4.02. The minimum Gasteiger partial charge on any atom is -0.313 e. The summed E-state index contributed by atoms with van der Waals surface area (Å²) in [6.45, 7) is 4.39. The van der Waals surface area contributed by atoms with Crippen LogP contribution >= 0.6 is 27.5 Å². The van der Waals surface area contributed by atoms with Crippen LogP contribution in [0, 0.1) is 5.92 Å². The van der Waals surface area contributed by atoms with Crippen molar-refractivity contribution < 1.29 is 0 Å². The van der Waals surface area contributed by atoms with Crippen LogP contribution in [-0.2, 0) is 0 Å². The van der Waals surface area contributed by atoms with Gasteiger partial charge in [-0.1, -0.05) is 47.4 Å². The van der Waals surface area contributed by atoms with Gasteiger partial charge >= 0.3 is 0 Å². The molecular weight excluding hydrogens is 261 g/mol. The lowest BCUT2D eigenvalue weighted by Crippen LogP contribution is -2.22. The van der Waals surface area contributed by atoms with Crippen LogP contribution in [-0.4, -0.2) is 7.05 Å². The van der Waals surface area contributed by atoms with Gasteiger partial charge in [-0.15, -0.1) is 0 Å². The summed E-state index contributed by atoms with van der Waals surface area (Å²) in [6.07, 6.45) is 0. The van der Waals surface area contributed by atoms with Crippen LogP contribution in [0.25, 0.3) is 0 Å². The molecule has 0 amide bonds. The fourth-order valence-corrected chi connectivity index (χ4v) is 2.53. The molecule has 3 heteroatoms. The Morgan fingerprint density at radius 3 is 2.43 bits per heavy atom. The highest BCUT2D eigenvalue weighted by Crippen LogP contribution is 2.30. The Labute approximate surface area is 99.0 Å². The second-order valence-electron chi connectivity index (χ2n) is 3.68. The lowest BCUT2D eigenvalue weighted by molar-refractivity contribution is 0.442. The van der Waals surface area contributed by atoms with E-state index < -0.39 is 0 Å². The Hall–Kier alpha value is -0.0500. The van der Waals surface area contributed by atoms with Gasteiger partial charge in [-0.25, -0.2) is 0 Å². The van der Waals surface area contributed by atoms with Crippen LogP contribution in [0.1, 0.15) is 25.5 Å². The summed E-state index contributed by atoms with van der Waals surface area (Å²) < 4.78 is 1.07. The van der Waals surface area contributed by atoms with E-state index in [4.69, 9.17) is 11.6 Å². The zero-order valence-electron chi connectivity index (χ0n) is 8.64. The molecule has 0 aliphatic carbocycles. The standard InChI is InChI=1S/C11H15BrClN/c1-7(2)11(14-3)9-5-4-8(13)6-10(9)12/h4-7,11,14H,1-3H3. The molecule has 0 bridgehead atoms. The quantitative estimate of drug-likeness (QED) is 0.879. The molecule has 0 aromatic heterocycles. The molecule has 1 rings (SSSR count). The molecule has 0 aliphatic rings. The average Bonchev–Trinajstić information content (AvgIpc) is 2.09. The molecule has 14 heavy (non-hydrogen) atoms. The summed E-state index contributed by atoms with van der Waals surface area (Å²) in [5.74, 6) is 0.553. The highest BCUT2D eigenvalue weighted by atomic mass is 79.9. The first-order valence-electron chi connectivity index (χ1n) is 4.68. The summed E-state index contributed by atoms with van der Waals surface area (Å²) >= 11 is 9.43. The smallest absolute Gasteiger partial charge is 0.0417 e. The van der Waals surface area contributed by atoms with Crippen LogP contribution in [0.3, 0.4) is 0 Å². The number of nitrogens with one attached hydrogen (secondary N) is 1. The largest absolute Gasteiger partial charge is 0.313 e. The van der Waals surface area contributed by atoms with Crippen molar-refractivity contribution in [1.29, 1.82) is 0 Å². The number of hydrogen-bond donors (Lipinski definition) is 1. The molecule has 1 N–H and O–H groups in total. The monoisotopic (exact) mass is 275 g/mol. The Bertz CT molecular complexity index is 312. The van der Waals surface area contributed by atoms with E-state index in [2.05, 4.69) is 41.2 Å². The maximum absolute atomic E-state index is 5.89. The normalized spacial score (nSPS) is 13.3. The molecular formula is C11H15BrClN. The van der Waals surface area contributed by atoms with E-state index in [1.54, 1.807) is 0 Å². The van der Waals surface area contributed by atoms with E-state index in [-0.39, 0.29) is 0 Å². The third kappa shape index (κ3) is 2.72. The Balaban J connectivity index is 3.04. The molecule has 0 saturated carbocycles. The molecule has 0 spiro atoms. The van der Waals surface area contributed by atoms with Crippen molar-refractivity contribution in [2.24, 2.45) is 5.92 Å². The van der Waals surface area contributed by atoms with Gasteiger partial charge in [0.05, 0.1) is 0 Å². The molecule has 0 saturated heterocycles. The van der Waals surface area contributed by atoms with Crippen molar-refractivity contribution in [2.75, 3.05) is 7.05 Å². The highest BCUT2D eigenvalue weighted by molar-refractivity contribution is 9.10. The Morgan fingerprint density at radius 2 is 2.00 bits per heavy atom. The molecule has 1 atom stereocenters. The maximum atomic E-state index is 5.89. The third-order valence-electron chi connectivity index (χ3n) is 2.28. The van der Waals surface area contributed by atoms with Gasteiger partial charge in [-0.3, -0.25) is 0 Å². The average molecular weight is 277 g/mol. The molecule has 0 fully saturated rings. The summed E-state index contributed by atoms with van der Waals surface area (Å²) in [4.78, 5) is 0. The Kier molecular flexibility index (Phi) is 4.42. The van der Waals surface area contributed by atoms with Gasteiger partial charge < -0.3 is 5.32 Å². The first-order valence-corrected chi connectivity index (χ1v) is 5.85. The molecule has 0 aliphatic heterocycles. The first kappa shape index (κ1) is 12.0. The van der Waals surface area contributed by atoms with Gasteiger partial charge in [0, 0.05) is 15.5 Å². The maximum Gasteiger partial charge on any atom is 0.0417 e. The van der Waals surface area contributed by atoms with Crippen molar-refractivity contribution >= 4 is 27.5 Å². The lowest BCUT2D eigenvalue weighted by Gasteiger charge is -2.22. The molecule has 78 valence electrons. The van der Waals surface area contributed by atoms with Gasteiger partial charge in [0.2, 0.25) is 0 Å². The second-order valence-corrected chi connectivity index (χ2v) is 4.97. The van der Waals surface area contributed by atoms with E-state index >= 15 is 0 Å². The topological polar surface area (TPSA) is 12.0 Å². The number of benzene rings is 1. The number of halogens is 2. The van der Waals surface area contributed by atoms with E-state index in [1.165, 1.54) is 5.56 Å². The number of rotatable bonds is 3. The van der Waals surface area contributed by atoms with Crippen LogP contribution in [0.4, 0.5) is 0 Å². The summed E-state index contributed by atoms with van der Waals surface area (Å²) in [5.41, 5.74) is 1.26. The SMILES string of the molecule is CNC(c1ccc(Cl)cc1Br)C(C)C.